The van der Waals surface area contributed by atoms with Gasteiger partial charge in [-0.1, -0.05) is 50.5 Å². The first-order valence-electron chi connectivity index (χ1n) is 16.2. The van der Waals surface area contributed by atoms with Crippen LogP contribution in [0.15, 0.2) is 24.3 Å². The summed E-state index contributed by atoms with van der Waals surface area (Å²) in [6.07, 6.45) is 22.8. The van der Waals surface area contributed by atoms with Crippen molar-refractivity contribution in [1.82, 2.24) is 0 Å². The fourth-order valence-corrected chi connectivity index (χ4v) is 6.94. The van der Waals surface area contributed by atoms with E-state index in [1.54, 1.807) is 0 Å². The highest BCUT2D eigenvalue weighted by Crippen LogP contribution is 2.39. The van der Waals surface area contributed by atoms with Crippen LogP contribution in [0.2, 0.25) is 0 Å². The molecule has 4 rings (SSSR count). The van der Waals surface area contributed by atoms with Gasteiger partial charge in [-0.2, -0.15) is 0 Å². The van der Waals surface area contributed by atoms with Gasteiger partial charge in [0.2, 0.25) is 0 Å². The molecule has 2 heterocycles. The summed E-state index contributed by atoms with van der Waals surface area (Å²) >= 11 is 0. The van der Waals surface area contributed by atoms with Crippen LogP contribution in [-0.2, 0) is 28.5 Å². The lowest BCUT2D eigenvalue weighted by Crippen LogP contribution is -2.34. The third-order valence-electron chi connectivity index (χ3n) is 9.33. The van der Waals surface area contributed by atoms with Gasteiger partial charge in [-0.15, -0.1) is 0 Å². The average Bonchev–Trinajstić information content (AvgIpc) is 3.26. The van der Waals surface area contributed by atoms with Crippen molar-refractivity contribution < 1.29 is 33.6 Å². The lowest BCUT2D eigenvalue weighted by atomic mass is 9.77. The maximum absolute atomic E-state index is 13.3. The Bertz CT molecular complexity index is 827. The predicted octanol–water partition coefficient (Wildman–Crippen LogP) is 6.99. The van der Waals surface area contributed by atoms with Crippen LogP contribution in [0.3, 0.4) is 0 Å². The second-order valence-electron chi connectivity index (χ2n) is 12.3. The molecule has 0 spiro atoms. The minimum absolute atomic E-state index is 0.0213. The summed E-state index contributed by atoms with van der Waals surface area (Å²) in [6.45, 7) is 3.77. The maximum atomic E-state index is 13.3. The molecule has 2 saturated carbocycles. The number of hydrogen-bond acceptors (Lipinski definition) is 6. The molecule has 0 aromatic heterocycles. The van der Waals surface area contributed by atoms with Gasteiger partial charge in [0.25, 0.3) is 0 Å². The first kappa shape index (κ1) is 31.4. The van der Waals surface area contributed by atoms with Crippen LogP contribution in [0.25, 0.3) is 0 Å². The smallest absolute Gasteiger partial charge is 0.303 e. The Hall–Kier alpha value is -1.54. The van der Waals surface area contributed by atoms with Crippen LogP contribution < -0.4 is 0 Å². The van der Waals surface area contributed by atoms with Gasteiger partial charge in [-0.3, -0.25) is 9.59 Å². The first-order chi connectivity index (χ1) is 19.5. The highest BCUT2D eigenvalue weighted by molar-refractivity contribution is 5.85. The number of ether oxygens (including phenoxy) is 4. The number of unbranched alkanes of at least 4 members (excludes halogenated alkanes) is 1. The van der Waals surface area contributed by atoms with Crippen molar-refractivity contribution in [2.45, 2.75) is 134 Å². The Kier molecular flexibility index (Phi) is 13.2. The van der Waals surface area contributed by atoms with Crippen LogP contribution in [0.1, 0.15) is 110 Å². The number of allylic oxidation sites excluding steroid dienone is 2. The van der Waals surface area contributed by atoms with E-state index in [9.17, 15) is 9.59 Å². The number of carbonyl (C=O) groups excluding carboxylic acids is 1. The van der Waals surface area contributed by atoms with E-state index in [0.29, 0.717) is 38.2 Å². The Morgan fingerprint density at radius 1 is 1.02 bits per heavy atom. The summed E-state index contributed by atoms with van der Waals surface area (Å²) in [5.41, 5.74) is 0. The van der Waals surface area contributed by atoms with Crippen molar-refractivity contribution in [3.8, 4) is 0 Å². The van der Waals surface area contributed by atoms with E-state index in [4.69, 9.17) is 24.1 Å². The molecule has 0 radical (unpaired) electrons. The van der Waals surface area contributed by atoms with E-state index in [-0.39, 0.29) is 48.8 Å². The van der Waals surface area contributed by atoms with E-state index < -0.39 is 5.97 Å². The van der Waals surface area contributed by atoms with Gasteiger partial charge < -0.3 is 24.1 Å². The van der Waals surface area contributed by atoms with Crippen LogP contribution in [0.5, 0.6) is 0 Å². The number of carbonyl (C=O) groups is 2. The van der Waals surface area contributed by atoms with Gasteiger partial charge in [0.1, 0.15) is 5.78 Å². The fraction of sp³-hybridized carbons (Fsp3) is 0.818. The molecular formula is C33H52O7. The number of rotatable bonds is 14. The topological polar surface area (TPSA) is 91.3 Å². The number of Topliss-reactive ketones (excluding diaryl/α,β-unsaturated/α-hetero) is 1. The van der Waals surface area contributed by atoms with Gasteiger partial charge in [-0.05, 0) is 82.5 Å². The van der Waals surface area contributed by atoms with Crippen LogP contribution in [0.4, 0.5) is 0 Å². The van der Waals surface area contributed by atoms with Crippen LogP contribution >= 0.6 is 0 Å². The fourth-order valence-electron chi connectivity index (χ4n) is 6.94. The van der Waals surface area contributed by atoms with E-state index in [0.717, 1.165) is 51.0 Å². The zero-order chi connectivity index (χ0) is 28.2. The monoisotopic (exact) mass is 560 g/mol. The number of hydrogen-bond donors (Lipinski definition) is 1. The summed E-state index contributed by atoms with van der Waals surface area (Å²) in [6, 6.07) is 0. The summed E-state index contributed by atoms with van der Waals surface area (Å²) < 4.78 is 25.0. The first-order valence-corrected chi connectivity index (χ1v) is 16.2. The number of aliphatic carboxylic acids is 1. The molecule has 40 heavy (non-hydrogen) atoms. The summed E-state index contributed by atoms with van der Waals surface area (Å²) in [4.78, 5) is 24.1. The zero-order valence-corrected chi connectivity index (χ0v) is 24.6. The van der Waals surface area contributed by atoms with Crippen molar-refractivity contribution in [2.75, 3.05) is 13.2 Å². The lowest BCUT2D eigenvalue weighted by molar-refractivity contribution is -0.193. The average molecular weight is 561 g/mol. The van der Waals surface area contributed by atoms with Crippen molar-refractivity contribution >= 4 is 11.8 Å². The molecule has 0 aromatic carbocycles. The largest absolute Gasteiger partial charge is 0.481 e. The third kappa shape index (κ3) is 9.78. The van der Waals surface area contributed by atoms with Gasteiger partial charge in [0.15, 0.2) is 12.6 Å². The molecule has 8 atom stereocenters. The lowest BCUT2D eigenvalue weighted by Gasteiger charge is -2.36. The number of carboxylic acid groups (broad SMARTS) is 1. The van der Waals surface area contributed by atoms with Crippen molar-refractivity contribution in [1.29, 1.82) is 0 Å². The molecule has 2 saturated heterocycles. The number of ketones is 1. The Morgan fingerprint density at radius 2 is 1.80 bits per heavy atom. The molecule has 2 aliphatic heterocycles. The SMILES string of the molecule is CCC1CCCC([C@@H](/C=C/[C@H]2[C@H](OC3CCCCO3)CC(=O)[C@@H]2C/C=C\CCCC(=O)O)OC2CCCCO2)C1. The van der Waals surface area contributed by atoms with Crippen molar-refractivity contribution in [3.05, 3.63) is 24.3 Å². The quantitative estimate of drug-likeness (QED) is 0.181. The second kappa shape index (κ2) is 16.8. The van der Waals surface area contributed by atoms with Crippen LogP contribution in [0, 0.1) is 23.7 Å². The van der Waals surface area contributed by atoms with Crippen molar-refractivity contribution in [2.24, 2.45) is 23.7 Å². The summed E-state index contributed by atoms with van der Waals surface area (Å²) in [7, 11) is 0. The van der Waals surface area contributed by atoms with Gasteiger partial charge in [0, 0.05) is 37.9 Å². The standard InChI is InChI=1S/C33H52O7/c1-2-24-12-11-13-25(22-24)29(39-32-16-7-9-20-37-32)19-18-27-26(14-5-3-4-6-15-31(35)36)28(34)23-30(27)40-33-17-8-10-21-38-33/h3,5,18-19,24-27,29-30,32-33H,2,4,6-17,20-23H2,1H3,(H,35,36)/b5-3-,19-18+/t24?,25?,26-,27-,29-,30-,32?,33?/m1/s1. The Labute approximate surface area is 241 Å². The molecule has 1 N–H and O–H groups in total. The minimum Gasteiger partial charge on any atom is -0.481 e. The molecule has 4 unspecified atom stereocenters. The molecule has 7 nitrogen and oxygen atoms in total. The zero-order valence-electron chi connectivity index (χ0n) is 24.6. The summed E-state index contributed by atoms with van der Waals surface area (Å²) in [5, 5.41) is 8.89. The van der Waals surface area contributed by atoms with E-state index >= 15 is 0 Å². The maximum Gasteiger partial charge on any atom is 0.303 e. The Balaban J connectivity index is 1.48. The van der Waals surface area contributed by atoms with Gasteiger partial charge in [-0.25, -0.2) is 0 Å². The normalized spacial score (nSPS) is 34.5. The molecular weight excluding hydrogens is 508 g/mol. The van der Waals surface area contributed by atoms with E-state index in [1.165, 1.54) is 32.1 Å². The molecule has 0 amide bonds. The van der Waals surface area contributed by atoms with E-state index in [1.807, 2.05) is 6.08 Å². The molecule has 4 fully saturated rings. The summed E-state index contributed by atoms with van der Waals surface area (Å²) in [5.74, 6) is 0.492. The molecule has 4 aliphatic rings. The van der Waals surface area contributed by atoms with Gasteiger partial charge >= 0.3 is 5.97 Å². The predicted molar refractivity (Wildman–Crippen MR) is 154 cm³/mol. The molecule has 0 aromatic rings. The molecule has 2 aliphatic carbocycles. The molecule has 0 bridgehead atoms. The molecule has 226 valence electrons. The minimum atomic E-state index is -0.770. The number of carboxylic acids is 1. The highest BCUT2D eigenvalue weighted by atomic mass is 16.7. The highest BCUT2D eigenvalue weighted by Gasteiger charge is 2.42. The van der Waals surface area contributed by atoms with Gasteiger partial charge in [0.05, 0.1) is 12.2 Å². The van der Waals surface area contributed by atoms with Crippen LogP contribution in [-0.4, -0.2) is 54.9 Å². The van der Waals surface area contributed by atoms with E-state index in [2.05, 4.69) is 25.2 Å². The van der Waals surface area contributed by atoms with Crippen molar-refractivity contribution in [3.63, 3.8) is 0 Å². The second-order valence-corrected chi connectivity index (χ2v) is 12.3. The Morgan fingerprint density at radius 3 is 2.50 bits per heavy atom. The molecule has 7 heteroatoms. The third-order valence-corrected chi connectivity index (χ3v) is 9.33.